The van der Waals surface area contributed by atoms with E-state index in [4.69, 9.17) is 4.74 Å². The fourth-order valence-electron chi connectivity index (χ4n) is 1.98. The third-order valence-electron chi connectivity index (χ3n) is 2.71. The summed E-state index contributed by atoms with van der Waals surface area (Å²) < 4.78 is 8.05. The summed E-state index contributed by atoms with van der Waals surface area (Å²) in [4.78, 5) is 0. The lowest BCUT2D eigenvalue weighted by atomic mass is 10.2. The van der Waals surface area contributed by atoms with Gasteiger partial charge in [0.25, 0.3) is 0 Å². The van der Waals surface area contributed by atoms with E-state index in [9.17, 15) is 0 Å². The predicted octanol–water partition coefficient (Wildman–Crippen LogP) is 4.00. The number of ether oxygens (including phenoxy) is 1. The van der Waals surface area contributed by atoms with Crippen molar-refractivity contribution in [1.29, 1.82) is 0 Å². The van der Waals surface area contributed by atoms with E-state index in [2.05, 4.69) is 29.5 Å². The molecule has 1 aromatic heterocycles. The Morgan fingerprint density at radius 2 is 2.18 bits per heavy atom. The first-order chi connectivity index (χ1) is 8.22. The average Bonchev–Trinajstić information content (AvgIpc) is 2.70. The van der Waals surface area contributed by atoms with Crippen LogP contribution >= 0.6 is 0 Å². The molecule has 0 aliphatic heterocycles. The molecule has 0 N–H and O–H groups in total. The number of aryl methyl sites for hydroxylation is 1. The van der Waals surface area contributed by atoms with E-state index in [0.29, 0.717) is 0 Å². The normalized spacial score (nSPS) is 11.0. The van der Waals surface area contributed by atoms with Gasteiger partial charge in [0.1, 0.15) is 5.75 Å². The third kappa shape index (κ3) is 2.52. The van der Waals surface area contributed by atoms with Gasteiger partial charge >= 0.3 is 0 Å². The summed E-state index contributed by atoms with van der Waals surface area (Å²) in [5, 5.41) is 1.19. The Kier molecular flexibility index (Phi) is 3.52. The standard InChI is InChI=1S/C15H19NO/c1-4-5-10-16-11-9-13-14(16)7-6-8-15(13)17-12(2)3/h4,6-9,11-12H,1,5,10H2,2-3H3. The van der Waals surface area contributed by atoms with Crippen LogP contribution < -0.4 is 4.74 Å². The van der Waals surface area contributed by atoms with Gasteiger partial charge in [0, 0.05) is 18.1 Å². The van der Waals surface area contributed by atoms with E-state index in [1.807, 2.05) is 32.1 Å². The van der Waals surface area contributed by atoms with Crippen molar-refractivity contribution in [2.45, 2.75) is 32.9 Å². The number of fused-ring (bicyclic) bond motifs is 1. The second kappa shape index (κ2) is 5.09. The summed E-state index contributed by atoms with van der Waals surface area (Å²) in [5.41, 5.74) is 1.23. The van der Waals surface area contributed by atoms with Crippen molar-refractivity contribution in [2.75, 3.05) is 0 Å². The van der Waals surface area contributed by atoms with E-state index in [-0.39, 0.29) is 6.10 Å². The van der Waals surface area contributed by atoms with Gasteiger partial charge in [-0.15, -0.1) is 6.58 Å². The van der Waals surface area contributed by atoms with Crippen LogP contribution in [0.4, 0.5) is 0 Å². The highest BCUT2D eigenvalue weighted by Crippen LogP contribution is 2.27. The zero-order chi connectivity index (χ0) is 12.3. The summed E-state index contributed by atoms with van der Waals surface area (Å²) in [6.45, 7) is 8.83. The Labute approximate surface area is 103 Å². The lowest BCUT2D eigenvalue weighted by Crippen LogP contribution is -2.05. The molecule has 0 bridgehead atoms. The number of rotatable bonds is 5. The van der Waals surface area contributed by atoms with Crippen molar-refractivity contribution >= 4 is 10.9 Å². The van der Waals surface area contributed by atoms with E-state index in [0.717, 1.165) is 18.7 Å². The van der Waals surface area contributed by atoms with Crippen LogP contribution in [-0.2, 0) is 6.54 Å². The van der Waals surface area contributed by atoms with Gasteiger partial charge in [0.2, 0.25) is 0 Å². The second-order valence-corrected chi connectivity index (χ2v) is 4.44. The van der Waals surface area contributed by atoms with Crippen LogP contribution in [0.15, 0.2) is 43.1 Å². The molecule has 0 atom stereocenters. The maximum atomic E-state index is 5.81. The molecule has 0 aliphatic rings. The zero-order valence-electron chi connectivity index (χ0n) is 10.5. The van der Waals surface area contributed by atoms with Crippen molar-refractivity contribution in [3.8, 4) is 5.75 Å². The zero-order valence-corrected chi connectivity index (χ0v) is 10.5. The highest BCUT2D eigenvalue weighted by Gasteiger charge is 2.07. The van der Waals surface area contributed by atoms with E-state index >= 15 is 0 Å². The van der Waals surface area contributed by atoms with Crippen LogP contribution in [0.2, 0.25) is 0 Å². The minimum Gasteiger partial charge on any atom is -0.490 e. The number of hydrogen-bond donors (Lipinski definition) is 0. The summed E-state index contributed by atoms with van der Waals surface area (Å²) >= 11 is 0. The van der Waals surface area contributed by atoms with Gasteiger partial charge in [0.15, 0.2) is 0 Å². The van der Waals surface area contributed by atoms with Gasteiger partial charge in [-0.3, -0.25) is 0 Å². The maximum absolute atomic E-state index is 5.81. The predicted molar refractivity (Wildman–Crippen MR) is 72.5 cm³/mol. The second-order valence-electron chi connectivity index (χ2n) is 4.44. The molecular formula is C15H19NO. The maximum Gasteiger partial charge on any atom is 0.129 e. The van der Waals surface area contributed by atoms with Crippen LogP contribution in [0, 0.1) is 0 Å². The van der Waals surface area contributed by atoms with Crippen molar-refractivity contribution < 1.29 is 4.74 Å². The van der Waals surface area contributed by atoms with Gasteiger partial charge in [-0.25, -0.2) is 0 Å². The number of nitrogens with zero attached hydrogens (tertiary/aromatic N) is 1. The van der Waals surface area contributed by atoms with Crippen LogP contribution in [0.5, 0.6) is 5.75 Å². The fraction of sp³-hybridized carbons (Fsp3) is 0.333. The molecule has 0 saturated carbocycles. The fourth-order valence-corrected chi connectivity index (χ4v) is 1.98. The molecular weight excluding hydrogens is 210 g/mol. The average molecular weight is 229 g/mol. The SMILES string of the molecule is C=CCCn1ccc2c(OC(C)C)cccc21. The summed E-state index contributed by atoms with van der Waals surface area (Å²) in [6.07, 6.45) is 5.25. The summed E-state index contributed by atoms with van der Waals surface area (Å²) in [6, 6.07) is 8.33. The molecule has 0 fully saturated rings. The minimum atomic E-state index is 0.206. The number of hydrogen-bond acceptors (Lipinski definition) is 1. The molecule has 0 aliphatic carbocycles. The van der Waals surface area contributed by atoms with Gasteiger partial charge in [-0.1, -0.05) is 12.1 Å². The molecule has 2 aromatic rings. The monoisotopic (exact) mass is 229 g/mol. The Hall–Kier alpha value is -1.70. The van der Waals surface area contributed by atoms with Crippen LogP contribution in [0.3, 0.4) is 0 Å². The van der Waals surface area contributed by atoms with Crippen molar-refractivity contribution in [3.05, 3.63) is 43.1 Å². The molecule has 2 rings (SSSR count). The first-order valence-electron chi connectivity index (χ1n) is 6.08. The molecule has 1 heterocycles. The molecule has 2 nitrogen and oxygen atoms in total. The molecule has 0 unspecified atom stereocenters. The Bertz CT molecular complexity index is 511. The van der Waals surface area contributed by atoms with E-state index in [1.54, 1.807) is 0 Å². The largest absolute Gasteiger partial charge is 0.490 e. The molecule has 1 aromatic carbocycles. The third-order valence-corrected chi connectivity index (χ3v) is 2.71. The molecule has 2 heteroatoms. The van der Waals surface area contributed by atoms with E-state index < -0.39 is 0 Å². The van der Waals surface area contributed by atoms with Crippen molar-refractivity contribution in [2.24, 2.45) is 0 Å². The van der Waals surface area contributed by atoms with Crippen molar-refractivity contribution in [1.82, 2.24) is 4.57 Å². The lowest BCUT2D eigenvalue weighted by Gasteiger charge is -2.11. The molecule has 90 valence electrons. The minimum absolute atomic E-state index is 0.206. The van der Waals surface area contributed by atoms with Gasteiger partial charge in [-0.05, 0) is 38.5 Å². The topological polar surface area (TPSA) is 14.2 Å². The van der Waals surface area contributed by atoms with Crippen LogP contribution in [-0.4, -0.2) is 10.7 Å². The molecule has 0 spiro atoms. The smallest absolute Gasteiger partial charge is 0.129 e. The van der Waals surface area contributed by atoms with Gasteiger partial charge < -0.3 is 9.30 Å². The quantitative estimate of drug-likeness (QED) is 0.707. The first kappa shape index (κ1) is 11.8. The summed E-state index contributed by atoms with van der Waals surface area (Å²) in [7, 11) is 0. The Morgan fingerprint density at radius 1 is 1.35 bits per heavy atom. The van der Waals surface area contributed by atoms with Gasteiger partial charge in [-0.2, -0.15) is 0 Å². The lowest BCUT2D eigenvalue weighted by molar-refractivity contribution is 0.245. The molecule has 0 saturated heterocycles. The Balaban J connectivity index is 2.38. The number of aromatic nitrogens is 1. The first-order valence-corrected chi connectivity index (χ1v) is 6.08. The summed E-state index contributed by atoms with van der Waals surface area (Å²) in [5.74, 6) is 0.967. The number of allylic oxidation sites excluding steroid dienone is 1. The van der Waals surface area contributed by atoms with E-state index in [1.165, 1.54) is 10.9 Å². The highest BCUT2D eigenvalue weighted by molar-refractivity contribution is 5.86. The number of benzene rings is 1. The molecule has 0 amide bonds. The highest BCUT2D eigenvalue weighted by atomic mass is 16.5. The van der Waals surface area contributed by atoms with Gasteiger partial charge in [0.05, 0.1) is 11.6 Å². The Morgan fingerprint density at radius 3 is 2.88 bits per heavy atom. The van der Waals surface area contributed by atoms with Crippen molar-refractivity contribution in [3.63, 3.8) is 0 Å². The van der Waals surface area contributed by atoms with Crippen LogP contribution in [0.1, 0.15) is 20.3 Å². The molecule has 17 heavy (non-hydrogen) atoms. The molecule has 0 radical (unpaired) electrons. The van der Waals surface area contributed by atoms with Crippen LogP contribution in [0.25, 0.3) is 10.9 Å².